The maximum atomic E-state index is 13.3. The predicted molar refractivity (Wildman–Crippen MR) is 84.8 cm³/mol. The van der Waals surface area contributed by atoms with Crippen molar-refractivity contribution in [1.29, 1.82) is 0 Å². The number of carbonyl (C=O) groups is 1. The molecule has 2 amide bonds. The van der Waals surface area contributed by atoms with E-state index in [1.165, 1.54) is 6.07 Å². The zero-order chi connectivity index (χ0) is 15.9. The number of rotatable bonds is 5. The summed E-state index contributed by atoms with van der Waals surface area (Å²) >= 11 is 0. The number of amides is 2. The Morgan fingerprint density at radius 2 is 1.77 bits per heavy atom. The van der Waals surface area contributed by atoms with E-state index in [0.29, 0.717) is 0 Å². The fourth-order valence-corrected chi connectivity index (χ4v) is 2.06. The molecule has 0 aliphatic rings. The first-order valence-corrected chi connectivity index (χ1v) is 7.06. The standard InChI is InChI=1S/C17H19FN2O2/c1-12-6-5-7-13(2)16(12)20-17(21)19-10-11-22-15-9-4-3-8-14(15)18/h3-9H,10-11H2,1-2H3,(H2,19,20,21). The normalized spacial score (nSPS) is 10.1. The molecule has 2 rings (SSSR count). The number of benzene rings is 2. The van der Waals surface area contributed by atoms with Gasteiger partial charge in [-0.3, -0.25) is 0 Å². The second-order valence-electron chi connectivity index (χ2n) is 4.93. The monoisotopic (exact) mass is 302 g/mol. The summed E-state index contributed by atoms with van der Waals surface area (Å²) in [6.45, 7) is 4.35. The van der Waals surface area contributed by atoms with Gasteiger partial charge in [0.05, 0.1) is 6.54 Å². The molecule has 0 heterocycles. The molecule has 2 N–H and O–H groups in total. The van der Waals surface area contributed by atoms with Crippen molar-refractivity contribution < 1.29 is 13.9 Å². The molecule has 0 bridgehead atoms. The third kappa shape index (κ3) is 4.22. The summed E-state index contributed by atoms with van der Waals surface area (Å²) in [7, 11) is 0. The highest BCUT2D eigenvalue weighted by molar-refractivity contribution is 5.90. The Hall–Kier alpha value is -2.56. The lowest BCUT2D eigenvalue weighted by Crippen LogP contribution is -2.32. The molecule has 0 saturated carbocycles. The quantitative estimate of drug-likeness (QED) is 0.828. The molecule has 0 aliphatic carbocycles. The van der Waals surface area contributed by atoms with E-state index < -0.39 is 5.82 Å². The summed E-state index contributed by atoms with van der Waals surface area (Å²) in [5.41, 5.74) is 2.80. The Morgan fingerprint density at radius 1 is 1.09 bits per heavy atom. The van der Waals surface area contributed by atoms with Crippen molar-refractivity contribution in [1.82, 2.24) is 5.32 Å². The molecule has 0 unspecified atom stereocenters. The number of carbonyl (C=O) groups excluding carboxylic acids is 1. The first-order chi connectivity index (χ1) is 10.6. The summed E-state index contributed by atoms with van der Waals surface area (Å²) < 4.78 is 18.6. The molecule has 0 fully saturated rings. The number of ether oxygens (including phenoxy) is 1. The van der Waals surface area contributed by atoms with Gasteiger partial charge in [0.1, 0.15) is 6.61 Å². The van der Waals surface area contributed by atoms with E-state index in [0.717, 1.165) is 16.8 Å². The molecule has 5 heteroatoms. The zero-order valence-electron chi connectivity index (χ0n) is 12.7. The lowest BCUT2D eigenvalue weighted by atomic mass is 10.1. The minimum atomic E-state index is -0.414. The minimum absolute atomic E-state index is 0.180. The summed E-state index contributed by atoms with van der Waals surface area (Å²) in [4.78, 5) is 11.8. The number of hydrogen-bond acceptors (Lipinski definition) is 2. The van der Waals surface area contributed by atoms with E-state index in [1.807, 2.05) is 32.0 Å². The Balaban J connectivity index is 1.78. The second kappa shape index (κ2) is 7.45. The summed E-state index contributed by atoms with van der Waals surface area (Å²) in [5, 5.41) is 5.49. The van der Waals surface area contributed by atoms with Gasteiger partial charge in [0.2, 0.25) is 0 Å². The van der Waals surface area contributed by atoms with Crippen molar-refractivity contribution in [3.63, 3.8) is 0 Å². The molecule has 0 atom stereocenters. The van der Waals surface area contributed by atoms with Crippen molar-refractivity contribution in [2.45, 2.75) is 13.8 Å². The fourth-order valence-electron chi connectivity index (χ4n) is 2.06. The first kappa shape index (κ1) is 15.8. The Kier molecular flexibility index (Phi) is 5.36. The topological polar surface area (TPSA) is 50.4 Å². The Labute approximate surface area is 129 Å². The van der Waals surface area contributed by atoms with Crippen molar-refractivity contribution in [3.8, 4) is 5.75 Å². The smallest absolute Gasteiger partial charge is 0.319 e. The molecular weight excluding hydrogens is 283 g/mol. The number of para-hydroxylation sites is 2. The van der Waals surface area contributed by atoms with Gasteiger partial charge in [0, 0.05) is 5.69 Å². The van der Waals surface area contributed by atoms with Crippen molar-refractivity contribution in [3.05, 3.63) is 59.4 Å². The van der Waals surface area contributed by atoms with E-state index in [-0.39, 0.29) is 24.9 Å². The van der Waals surface area contributed by atoms with Gasteiger partial charge >= 0.3 is 6.03 Å². The third-order valence-electron chi connectivity index (χ3n) is 3.20. The van der Waals surface area contributed by atoms with E-state index in [2.05, 4.69) is 10.6 Å². The fraction of sp³-hybridized carbons (Fsp3) is 0.235. The van der Waals surface area contributed by atoms with Crippen LogP contribution in [0.3, 0.4) is 0 Å². The largest absolute Gasteiger partial charge is 0.489 e. The summed E-state index contributed by atoms with van der Waals surface area (Å²) in [5.74, 6) is -0.234. The molecule has 22 heavy (non-hydrogen) atoms. The lowest BCUT2D eigenvalue weighted by molar-refractivity contribution is 0.246. The summed E-state index contributed by atoms with van der Waals surface area (Å²) in [6, 6.07) is 11.7. The van der Waals surface area contributed by atoms with Gasteiger partial charge in [-0.15, -0.1) is 0 Å². The van der Waals surface area contributed by atoms with E-state index in [1.54, 1.807) is 18.2 Å². The van der Waals surface area contributed by atoms with E-state index >= 15 is 0 Å². The summed E-state index contributed by atoms with van der Waals surface area (Å²) in [6.07, 6.45) is 0. The van der Waals surface area contributed by atoms with Crippen LogP contribution < -0.4 is 15.4 Å². The number of halogens is 1. The second-order valence-corrected chi connectivity index (χ2v) is 4.93. The van der Waals surface area contributed by atoms with Crippen molar-refractivity contribution >= 4 is 11.7 Å². The molecule has 4 nitrogen and oxygen atoms in total. The third-order valence-corrected chi connectivity index (χ3v) is 3.20. The molecule has 2 aromatic carbocycles. The molecule has 0 radical (unpaired) electrons. The van der Waals surface area contributed by atoms with Crippen LogP contribution in [0.1, 0.15) is 11.1 Å². The Morgan fingerprint density at radius 3 is 2.45 bits per heavy atom. The van der Waals surface area contributed by atoms with Gasteiger partial charge in [-0.05, 0) is 37.1 Å². The van der Waals surface area contributed by atoms with E-state index in [4.69, 9.17) is 4.74 Å². The molecule has 0 aromatic heterocycles. The average molecular weight is 302 g/mol. The SMILES string of the molecule is Cc1cccc(C)c1NC(=O)NCCOc1ccccc1F. The van der Waals surface area contributed by atoms with Crippen LogP contribution in [0, 0.1) is 19.7 Å². The van der Waals surface area contributed by atoms with Crippen LogP contribution in [-0.2, 0) is 0 Å². The van der Waals surface area contributed by atoms with Crippen LogP contribution >= 0.6 is 0 Å². The molecule has 0 aliphatic heterocycles. The van der Waals surface area contributed by atoms with Gasteiger partial charge in [-0.25, -0.2) is 9.18 Å². The Bertz CT molecular complexity index is 639. The van der Waals surface area contributed by atoms with Crippen LogP contribution in [-0.4, -0.2) is 19.2 Å². The highest BCUT2D eigenvalue weighted by Crippen LogP contribution is 2.19. The van der Waals surface area contributed by atoms with Crippen LogP contribution in [0.2, 0.25) is 0 Å². The van der Waals surface area contributed by atoms with E-state index in [9.17, 15) is 9.18 Å². The van der Waals surface area contributed by atoms with Gasteiger partial charge < -0.3 is 15.4 Å². The van der Waals surface area contributed by atoms with Gasteiger partial charge in [-0.2, -0.15) is 0 Å². The molecular formula is C17H19FN2O2. The average Bonchev–Trinajstić information content (AvgIpc) is 2.49. The molecule has 116 valence electrons. The maximum absolute atomic E-state index is 13.3. The van der Waals surface area contributed by atoms with Crippen LogP contribution in [0.15, 0.2) is 42.5 Å². The maximum Gasteiger partial charge on any atom is 0.319 e. The zero-order valence-corrected chi connectivity index (χ0v) is 12.7. The van der Waals surface area contributed by atoms with Gasteiger partial charge in [0.25, 0.3) is 0 Å². The highest BCUT2D eigenvalue weighted by atomic mass is 19.1. The first-order valence-electron chi connectivity index (χ1n) is 7.06. The van der Waals surface area contributed by atoms with Crippen LogP contribution in [0.25, 0.3) is 0 Å². The number of aryl methyl sites for hydroxylation is 2. The molecule has 2 aromatic rings. The minimum Gasteiger partial charge on any atom is -0.489 e. The van der Waals surface area contributed by atoms with Crippen LogP contribution in [0.4, 0.5) is 14.9 Å². The predicted octanol–water partition coefficient (Wildman–Crippen LogP) is 3.64. The lowest BCUT2D eigenvalue weighted by Gasteiger charge is -2.12. The molecule has 0 spiro atoms. The van der Waals surface area contributed by atoms with Gasteiger partial charge in [-0.1, -0.05) is 30.3 Å². The number of nitrogens with one attached hydrogen (secondary N) is 2. The molecule has 0 saturated heterocycles. The van der Waals surface area contributed by atoms with Crippen molar-refractivity contribution in [2.75, 3.05) is 18.5 Å². The van der Waals surface area contributed by atoms with Gasteiger partial charge in [0.15, 0.2) is 11.6 Å². The van der Waals surface area contributed by atoms with Crippen LogP contribution in [0.5, 0.6) is 5.75 Å². The number of urea groups is 1. The highest BCUT2D eigenvalue weighted by Gasteiger charge is 2.06. The van der Waals surface area contributed by atoms with Crippen molar-refractivity contribution in [2.24, 2.45) is 0 Å². The number of anilines is 1. The number of hydrogen-bond donors (Lipinski definition) is 2.